The van der Waals surface area contributed by atoms with Gasteiger partial charge in [-0.3, -0.25) is 9.79 Å². The SMILES string of the molecule is O=C1CC(Cc2ccccc2)=Nc2ccc(Br)cc21. The highest BCUT2D eigenvalue weighted by molar-refractivity contribution is 9.10. The summed E-state index contributed by atoms with van der Waals surface area (Å²) in [5.41, 5.74) is 3.62. The van der Waals surface area contributed by atoms with Crippen LogP contribution in [0.25, 0.3) is 0 Å². The first-order chi connectivity index (χ1) is 9.22. The molecule has 0 atom stereocenters. The van der Waals surface area contributed by atoms with Gasteiger partial charge in [0.25, 0.3) is 0 Å². The zero-order chi connectivity index (χ0) is 13.2. The van der Waals surface area contributed by atoms with Gasteiger partial charge in [0, 0.05) is 28.6 Å². The van der Waals surface area contributed by atoms with Crippen LogP contribution in [0.4, 0.5) is 5.69 Å². The Balaban J connectivity index is 1.93. The molecule has 0 spiro atoms. The van der Waals surface area contributed by atoms with Crippen molar-refractivity contribution >= 4 is 33.1 Å². The molecule has 3 heteroatoms. The molecule has 3 rings (SSSR count). The quantitative estimate of drug-likeness (QED) is 0.810. The summed E-state index contributed by atoms with van der Waals surface area (Å²) < 4.78 is 0.918. The summed E-state index contributed by atoms with van der Waals surface area (Å²) in [6, 6.07) is 15.8. The molecule has 0 saturated heterocycles. The number of rotatable bonds is 2. The molecule has 0 radical (unpaired) electrons. The highest BCUT2D eigenvalue weighted by Crippen LogP contribution is 2.29. The molecule has 0 aromatic heterocycles. The van der Waals surface area contributed by atoms with Crippen molar-refractivity contribution in [3.05, 3.63) is 64.1 Å². The molecule has 0 unspecified atom stereocenters. The van der Waals surface area contributed by atoms with Gasteiger partial charge in [-0.1, -0.05) is 46.3 Å². The van der Waals surface area contributed by atoms with Crippen LogP contribution in [0, 0.1) is 0 Å². The van der Waals surface area contributed by atoms with Crippen molar-refractivity contribution in [3.8, 4) is 0 Å². The topological polar surface area (TPSA) is 29.4 Å². The summed E-state index contributed by atoms with van der Waals surface area (Å²) in [4.78, 5) is 16.7. The van der Waals surface area contributed by atoms with E-state index < -0.39 is 0 Å². The van der Waals surface area contributed by atoms with E-state index in [1.54, 1.807) is 0 Å². The fourth-order valence-corrected chi connectivity index (χ4v) is 2.61. The number of fused-ring (bicyclic) bond motifs is 1. The Bertz CT molecular complexity index is 662. The summed E-state index contributed by atoms with van der Waals surface area (Å²) in [6.45, 7) is 0. The molecule has 0 fully saturated rings. The number of benzene rings is 2. The van der Waals surface area contributed by atoms with Crippen LogP contribution in [-0.4, -0.2) is 11.5 Å². The Morgan fingerprint density at radius 3 is 2.68 bits per heavy atom. The molecule has 2 aromatic carbocycles. The summed E-state index contributed by atoms with van der Waals surface area (Å²) in [7, 11) is 0. The largest absolute Gasteiger partial charge is 0.294 e. The Labute approximate surface area is 120 Å². The van der Waals surface area contributed by atoms with E-state index >= 15 is 0 Å². The van der Waals surface area contributed by atoms with Gasteiger partial charge >= 0.3 is 0 Å². The summed E-state index contributed by atoms with van der Waals surface area (Å²) >= 11 is 3.39. The van der Waals surface area contributed by atoms with E-state index in [1.807, 2.05) is 36.4 Å². The van der Waals surface area contributed by atoms with Gasteiger partial charge in [0.2, 0.25) is 0 Å². The van der Waals surface area contributed by atoms with Gasteiger partial charge in [-0.2, -0.15) is 0 Å². The van der Waals surface area contributed by atoms with E-state index in [2.05, 4.69) is 33.1 Å². The van der Waals surface area contributed by atoms with Crippen molar-refractivity contribution in [2.45, 2.75) is 12.8 Å². The van der Waals surface area contributed by atoms with E-state index in [0.717, 1.165) is 22.3 Å². The Kier molecular flexibility index (Phi) is 3.30. The Morgan fingerprint density at radius 1 is 1.11 bits per heavy atom. The smallest absolute Gasteiger partial charge is 0.170 e. The van der Waals surface area contributed by atoms with Crippen LogP contribution in [0.2, 0.25) is 0 Å². The van der Waals surface area contributed by atoms with Gasteiger partial charge < -0.3 is 0 Å². The minimum atomic E-state index is 0.150. The number of carbonyl (C=O) groups is 1. The van der Waals surface area contributed by atoms with Crippen LogP contribution in [0.15, 0.2) is 58.0 Å². The second-order valence-electron chi connectivity index (χ2n) is 4.60. The predicted octanol–water partition coefficient (Wildman–Crippen LogP) is 4.35. The van der Waals surface area contributed by atoms with Crippen LogP contribution in [0.1, 0.15) is 22.3 Å². The maximum absolute atomic E-state index is 12.1. The third kappa shape index (κ3) is 2.66. The summed E-state index contributed by atoms with van der Waals surface area (Å²) in [5, 5.41) is 0. The van der Waals surface area contributed by atoms with E-state index in [1.165, 1.54) is 5.56 Å². The lowest BCUT2D eigenvalue weighted by Gasteiger charge is -2.15. The molecule has 19 heavy (non-hydrogen) atoms. The normalized spacial score (nSPS) is 13.9. The molecular weight excluding hydrogens is 302 g/mol. The zero-order valence-corrected chi connectivity index (χ0v) is 11.9. The van der Waals surface area contributed by atoms with Crippen molar-refractivity contribution in [1.82, 2.24) is 0 Å². The van der Waals surface area contributed by atoms with E-state index in [4.69, 9.17) is 0 Å². The fraction of sp³-hybridized carbons (Fsp3) is 0.125. The molecule has 1 heterocycles. The van der Waals surface area contributed by atoms with Crippen LogP contribution < -0.4 is 0 Å². The van der Waals surface area contributed by atoms with Crippen LogP contribution >= 0.6 is 15.9 Å². The van der Waals surface area contributed by atoms with Gasteiger partial charge in [0.05, 0.1) is 5.69 Å². The molecule has 1 aliphatic rings. The second-order valence-corrected chi connectivity index (χ2v) is 5.52. The predicted molar refractivity (Wildman–Crippen MR) is 80.3 cm³/mol. The molecule has 0 N–H and O–H groups in total. The van der Waals surface area contributed by atoms with Gasteiger partial charge in [-0.25, -0.2) is 0 Å². The van der Waals surface area contributed by atoms with Crippen LogP contribution in [0.3, 0.4) is 0 Å². The third-order valence-electron chi connectivity index (χ3n) is 3.15. The maximum Gasteiger partial charge on any atom is 0.170 e. The number of halogens is 1. The number of hydrogen-bond donors (Lipinski definition) is 0. The molecule has 0 saturated carbocycles. The van der Waals surface area contributed by atoms with Gasteiger partial charge in [0.15, 0.2) is 5.78 Å². The second kappa shape index (κ2) is 5.10. The molecule has 0 bridgehead atoms. The molecule has 2 aromatic rings. The molecule has 1 aliphatic heterocycles. The zero-order valence-electron chi connectivity index (χ0n) is 10.3. The van der Waals surface area contributed by atoms with E-state index in [0.29, 0.717) is 12.0 Å². The van der Waals surface area contributed by atoms with Crippen molar-refractivity contribution in [2.24, 2.45) is 4.99 Å². The van der Waals surface area contributed by atoms with Gasteiger partial charge in [-0.05, 0) is 23.8 Å². The highest BCUT2D eigenvalue weighted by atomic mass is 79.9. The lowest BCUT2D eigenvalue weighted by molar-refractivity contribution is 0.0999. The van der Waals surface area contributed by atoms with E-state index in [-0.39, 0.29) is 5.78 Å². The first-order valence-corrected chi connectivity index (χ1v) is 6.95. The van der Waals surface area contributed by atoms with Gasteiger partial charge in [-0.15, -0.1) is 0 Å². The van der Waals surface area contributed by atoms with Crippen LogP contribution in [-0.2, 0) is 6.42 Å². The Hall–Kier alpha value is -1.74. The first-order valence-electron chi connectivity index (χ1n) is 6.15. The number of hydrogen-bond acceptors (Lipinski definition) is 2. The standard InChI is InChI=1S/C16H12BrNO/c17-12-6-7-15-14(9-12)16(19)10-13(18-15)8-11-4-2-1-3-5-11/h1-7,9H,8,10H2. The van der Waals surface area contributed by atoms with Crippen molar-refractivity contribution in [1.29, 1.82) is 0 Å². The maximum atomic E-state index is 12.1. The van der Waals surface area contributed by atoms with E-state index in [9.17, 15) is 4.79 Å². The van der Waals surface area contributed by atoms with Crippen molar-refractivity contribution in [3.63, 3.8) is 0 Å². The third-order valence-corrected chi connectivity index (χ3v) is 3.65. The van der Waals surface area contributed by atoms with Crippen molar-refractivity contribution < 1.29 is 4.79 Å². The van der Waals surface area contributed by atoms with Crippen LogP contribution in [0.5, 0.6) is 0 Å². The monoisotopic (exact) mass is 313 g/mol. The fourth-order valence-electron chi connectivity index (χ4n) is 2.25. The summed E-state index contributed by atoms with van der Waals surface area (Å²) in [6.07, 6.45) is 1.15. The Morgan fingerprint density at radius 2 is 1.89 bits per heavy atom. The molecular formula is C16H12BrNO. The number of aliphatic imine (C=N–C) groups is 1. The minimum Gasteiger partial charge on any atom is -0.294 e. The number of nitrogens with zero attached hydrogens (tertiary/aromatic N) is 1. The first kappa shape index (κ1) is 12.3. The lowest BCUT2D eigenvalue weighted by Crippen LogP contribution is -2.15. The number of carbonyl (C=O) groups excluding carboxylic acids is 1. The summed E-state index contributed by atoms with van der Waals surface area (Å²) in [5.74, 6) is 0.150. The molecule has 0 amide bonds. The molecule has 94 valence electrons. The van der Waals surface area contributed by atoms with Gasteiger partial charge in [0.1, 0.15) is 0 Å². The highest BCUT2D eigenvalue weighted by Gasteiger charge is 2.20. The molecule has 2 nitrogen and oxygen atoms in total. The number of ketones is 1. The minimum absolute atomic E-state index is 0.150. The average Bonchev–Trinajstić information content (AvgIpc) is 2.41. The average molecular weight is 314 g/mol. The number of Topliss-reactive ketones (excluding diaryl/α,β-unsaturated/α-hetero) is 1. The lowest BCUT2D eigenvalue weighted by atomic mass is 9.96. The molecule has 0 aliphatic carbocycles. The van der Waals surface area contributed by atoms with Crippen molar-refractivity contribution in [2.75, 3.05) is 0 Å².